The van der Waals surface area contributed by atoms with Crippen LogP contribution in [-0.4, -0.2) is 27.2 Å². The summed E-state index contributed by atoms with van der Waals surface area (Å²) in [5.41, 5.74) is 1.52. The van der Waals surface area contributed by atoms with Gasteiger partial charge < -0.3 is 5.32 Å². The number of aryl methyl sites for hydroxylation is 2. The van der Waals surface area contributed by atoms with Crippen LogP contribution in [0.15, 0.2) is 24.3 Å². The minimum absolute atomic E-state index is 0.0617. The van der Waals surface area contributed by atoms with Crippen LogP contribution in [0.5, 0.6) is 0 Å². The maximum Gasteiger partial charge on any atom is 0.282 e. The van der Waals surface area contributed by atoms with Crippen molar-refractivity contribution in [3.63, 3.8) is 0 Å². The molecule has 1 amide bonds. The van der Waals surface area contributed by atoms with Crippen LogP contribution in [0.1, 0.15) is 28.2 Å². The molecule has 0 radical (unpaired) electrons. The van der Waals surface area contributed by atoms with Gasteiger partial charge in [0.15, 0.2) is 0 Å². The molecule has 1 heterocycles. The highest BCUT2D eigenvalue weighted by Crippen LogP contribution is 2.19. The van der Waals surface area contributed by atoms with Crippen LogP contribution in [0.4, 0.5) is 5.69 Å². The average molecular weight is 337 g/mol. The number of hydrogen-bond donors (Lipinski definition) is 1. The van der Waals surface area contributed by atoms with E-state index >= 15 is 0 Å². The Morgan fingerprint density at radius 3 is 2.70 bits per heavy atom. The van der Waals surface area contributed by atoms with Gasteiger partial charge in [-0.3, -0.25) is 19.6 Å². The summed E-state index contributed by atoms with van der Waals surface area (Å²) in [6.45, 7) is 4.72. The van der Waals surface area contributed by atoms with Gasteiger partial charge in [0.05, 0.1) is 21.3 Å². The zero-order valence-corrected chi connectivity index (χ0v) is 13.6. The van der Waals surface area contributed by atoms with E-state index in [2.05, 4.69) is 10.4 Å². The molecule has 122 valence electrons. The van der Waals surface area contributed by atoms with Crippen LogP contribution in [0, 0.1) is 24.0 Å². The molecule has 0 unspecified atom stereocenters. The largest absolute Gasteiger partial charge is 0.352 e. The zero-order valence-electron chi connectivity index (χ0n) is 12.9. The van der Waals surface area contributed by atoms with E-state index in [1.807, 2.05) is 13.8 Å². The second-order valence-corrected chi connectivity index (χ2v) is 5.47. The normalized spacial score (nSPS) is 10.6. The van der Waals surface area contributed by atoms with Crippen molar-refractivity contribution in [2.75, 3.05) is 6.54 Å². The van der Waals surface area contributed by atoms with Crippen LogP contribution in [0.2, 0.25) is 5.02 Å². The molecule has 0 spiro atoms. The van der Waals surface area contributed by atoms with Gasteiger partial charge in [-0.25, -0.2) is 0 Å². The summed E-state index contributed by atoms with van der Waals surface area (Å²) in [6, 6.07) is 5.88. The maximum absolute atomic E-state index is 12.0. The number of aromatic nitrogens is 2. The first-order valence-corrected chi connectivity index (χ1v) is 7.50. The predicted molar refractivity (Wildman–Crippen MR) is 86.8 cm³/mol. The second-order valence-electron chi connectivity index (χ2n) is 5.09. The summed E-state index contributed by atoms with van der Waals surface area (Å²) in [7, 11) is 0. The lowest BCUT2D eigenvalue weighted by Gasteiger charge is -2.07. The summed E-state index contributed by atoms with van der Waals surface area (Å²) in [5, 5.41) is 18.6. The van der Waals surface area contributed by atoms with Gasteiger partial charge >= 0.3 is 0 Å². The molecule has 7 nitrogen and oxygen atoms in total. The Morgan fingerprint density at radius 1 is 1.39 bits per heavy atom. The summed E-state index contributed by atoms with van der Waals surface area (Å²) in [6.07, 6.45) is 0.644. The molecule has 0 saturated heterocycles. The summed E-state index contributed by atoms with van der Waals surface area (Å²) in [4.78, 5) is 22.4. The number of nitrogens with zero attached hydrogens (tertiary/aromatic N) is 3. The van der Waals surface area contributed by atoms with Crippen molar-refractivity contribution in [3.8, 4) is 0 Å². The minimum Gasteiger partial charge on any atom is -0.352 e. The topological polar surface area (TPSA) is 90.1 Å². The number of carbonyl (C=O) groups excluding carboxylic acids is 1. The highest BCUT2D eigenvalue weighted by atomic mass is 35.5. The Bertz CT molecular complexity index is 742. The van der Waals surface area contributed by atoms with E-state index in [1.54, 1.807) is 10.7 Å². The summed E-state index contributed by atoms with van der Waals surface area (Å²) >= 11 is 6.07. The van der Waals surface area contributed by atoms with E-state index in [4.69, 9.17) is 11.6 Å². The van der Waals surface area contributed by atoms with Crippen LogP contribution in [0.25, 0.3) is 0 Å². The number of carbonyl (C=O) groups is 1. The van der Waals surface area contributed by atoms with Gasteiger partial charge in [-0.1, -0.05) is 23.7 Å². The predicted octanol–water partition coefficient (Wildman–Crippen LogP) is 2.88. The maximum atomic E-state index is 12.0. The molecule has 0 saturated carbocycles. The molecule has 23 heavy (non-hydrogen) atoms. The van der Waals surface area contributed by atoms with Gasteiger partial charge in [0.25, 0.3) is 11.6 Å². The molecule has 1 N–H and O–H groups in total. The zero-order chi connectivity index (χ0) is 17.0. The van der Waals surface area contributed by atoms with Gasteiger partial charge in [-0.15, -0.1) is 0 Å². The summed E-state index contributed by atoms with van der Waals surface area (Å²) in [5.74, 6) is -0.455. The van der Waals surface area contributed by atoms with Crippen molar-refractivity contribution in [1.82, 2.24) is 15.1 Å². The third kappa shape index (κ3) is 3.87. The lowest BCUT2D eigenvalue weighted by atomic mass is 10.1. The van der Waals surface area contributed by atoms with Crippen molar-refractivity contribution in [3.05, 3.63) is 56.4 Å². The SMILES string of the molecule is Cc1nn(CCCNC(=O)c2ccccc2[N+](=O)[O-])c(C)c1Cl. The molecule has 0 aliphatic heterocycles. The molecule has 0 fully saturated rings. The van der Waals surface area contributed by atoms with Crippen molar-refractivity contribution >= 4 is 23.2 Å². The molecule has 0 aliphatic rings. The van der Waals surface area contributed by atoms with E-state index in [1.165, 1.54) is 18.2 Å². The summed E-state index contributed by atoms with van der Waals surface area (Å²) < 4.78 is 1.79. The minimum atomic E-state index is -0.563. The lowest BCUT2D eigenvalue weighted by molar-refractivity contribution is -0.385. The Balaban J connectivity index is 1.90. The van der Waals surface area contributed by atoms with Crippen molar-refractivity contribution in [2.24, 2.45) is 0 Å². The lowest BCUT2D eigenvalue weighted by Crippen LogP contribution is -2.26. The van der Waals surface area contributed by atoms with E-state index in [9.17, 15) is 14.9 Å². The highest BCUT2D eigenvalue weighted by Gasteiger charge is 2.18. The van der Waals surface area contributed by atoms with E-state index in [0.29, 0.717) is 24.5 Å². The second kappa shape index (κ2) is 7.23. The van der Waals surface area contributed by atoms with Gasteiger partial charge in [0, 0.05) is 19.2 Å². The number of nitro benzene ring substituents is 1. The monoisotopic (exact) mass is 336 g/mol. The standard InChI is InChI=1S/C15H17ClN4O3/c1-10-14(16)11(2)19(18-10)9-5-8-17-15(21)12-6-3-4-7-13(12)20(22)23/h3-4,6-7H,5,8-9H2,1-2H3,(H,17,21). The van der Waals surface area contributed by atoms with Gasteiger partial charge in [-0.05, 0) is 26.3 Å². The third-order valence-electron chi connectivity index (χ3n) is 3.47. The fourth-order valence-corrected chi connectivity index (χ4v) is 2.38. The van der Waals surface area contributed by atoms with Gasteiger partial charge in [0.2, 0.25) is 0 Å². The number of nitrogens with one attached hydrogen (secondary N) is 1. The number of nitro groups is 1. The van der Waals surface area contributed by atoms with E-state index in [-0.39, 0.29) is 11.3 Å². The molecule has 0 bridgehead atoms. The Kier molecular flexibility index (Phi) is 5.33. The van der Waals surface area contributed by atoms with Crippen molar-refractivity contribution in [1.29, 1.82) is 0 Å². The molecule has 1 aromatic heterocycles. The van der Waals surface area contributed by atoms with Crippen LogP contribution in [0.3, 0.4) is 0 Å². The van der Waals surface area contributed by atoms with Crippen LogP contribution >= 0.6 is 11.6 Å². The quantitative estimate of drug-likeness (QED) is 0.499. The van der Waals surface area contributed by atoms with Crippen molar-refractivity contribution < 1.29 is 9.72 Å². The molecule has 8 heteroatoms. The molecular formula is C15H17ClN4O3. The molecular weight excluding hydrogens is 320 g/mol. The number of halogens is 1. The fourth-order valence-electron chi connectivity index (χ4n) is 2.24. The van der Waals surface area contributed by atoms with E-state index in [0.717, 1.165) is 11.4 Å². The Hall–Kier alpha value is -2.41. The van der Waals surface area contributed by atoms with Gasteiger partial charge in [0.1, 0.15) is 5.56 Å². The molecule has 1 aromatic carbocycles. The molecule has 2 aromatic rings. The molecule has 0 atom stereocenters. The first-order valence-electron chi connectivity index (χ1n) is 7.13. The third-order valence-corrected chi connectivity index (χ3v) is 4.02. The number of hydrogen-bond acceptors (Lipinski definition) is 4. The molecule has 0 aliphatic carbocycles. The Labute approximate surface area is 138 Å². The van der Waals surface area contributed by atoms with Crippen molar-refractivity contribution in [2.45, 2.75) is 26.8 Å². The van der Waals surface area contributed by atoms with E-state index < -0.39 is 10.8 Å². The van der Waals surface area contributed by atoms with Crippen LogP contribution < -0.4 is 5.32 Å². The number of rotatable bonds is 6. The number of amides is 1. The van der Waals surface area contributed by atoms with Gasteiger partial charge in [-0.2, -0.15) is 5.10 Å². The molecule has 2 rings (SSSR count). The smallest absolute Gasteiger partial charge is 0.282 e. The number of para-hydroxylation sites is 1. The number of benzene rings is 1. The Morgan fingerprint density at radius 2 is 2.09 bits per heavy atom. The van der Waals surface area contributed by atoms with Crippen LogP contribution in [-0.2, 0) is 6.54 Å². The average Bonchev–Trinajstić information content (AvgIpc) is 2.78. The fraction of sp³-hybridized carbons (Fsp3) is 0.333. The first kappa shape index (κ1) is 17.0. The highest BCUT2D eigenvalue weighted by molar-refractivity contribution is 6.31. The first-order chi connectivity index (χ1) is 10.9.